The van der Waals surface area contributed by atoms with E-state index in [1.165, 1.54) is 0 Å². The van der Waals surface area contributed by atoms with Gasteiger partial charge in [-0.05, 0) is 19.1 Å². The summed E-state index contributed by atoms with van der Waals surface area (Å²) in [5, 5.41) is 9.03. The van der Waals surface area contributed by atoms with E-state index in [0.29, 0.717) is 10.8 Å². The largest absolute Gasteiger partial charge is 0.383 e. The molecular formula is C14H14ClN5. The van der Waals surface area contributed by atoms with Crippen molar-refractivity contribution in [1.29, 1.82) is 0 Å². The Morgan fingerprint density at radius 1 is 1.15 bits per heavy atom. The molecule has 0 aliphatic heterocycles. The highest BCUT2D eigenvalue weighted by atomic mass is 35.5. The lowest BCUT2D eigenvalue weighted by molar-refractivity contribution is 0.573. The van der Waals surface area contributed by atoms with Gasteiger partial charge in [-0.3, -0.25) is 0 Å². The van der Waals surface area contributed by atoms with E-state index in [9.17, 15) is 0 Å². The minimum absolute atomic E-state index is 0.0278. The van der Waals surface area contributed by atoms with Gasteiger partial charge in [-0.15, -0.1) is 0 Å². The van der Waals surface area contributed by atoms with E-state index in [1.54, 1.807) is 10.9 Å². The maximum absolute atomic E-state index is 5.93. The van der Waals surface area contributed by atoms with Crippen molar-refractivity contribution in [3.05, 3.63) is 59.5 Å². The average Bonchev–Trinajstić information content (AvgIpc) is 3.08. The molecule has 1 atom stereocenters. The zero-order valence-electron chi connectivity index (χ0n) is 10.9. The average molecular weight is 288 g/mol. The molecule has 1 unspecified atom stereocenters. The van der Waals surface area contributed by atoms with Crippen molar-refractivity contribution < 1.29 is 0 Å². The van der Waals surface area contributed by atoms with Crippen LogP contribution in [-0.4, -0.2) is 19.6 Å². The molecule has 0 radical (unpaired) electrons. The van der Waals surface area contributed by atoms with Gasteiger partial charge in [0.2, 0.25) is 0 Å². The number of hydrogen-bond donors (Lipinski definition) is 1. The highest BCUT2D eigenvalue weighted by molar-refractivity contribution is 6.32. The minimum atomic E-state index is -0.0278. The molecule has 0 spiro atoms. The third-order valence-corrected chi connectivity index (χ3v) is 3.55. The SMILES string of the molecule is CC(c1cnn(-c2ccccc2)c1)n1ncc(Cl)c1N. The molecule has 2 heterocycles. The number of nitrogens with two attached hydrogens (primary N) is 1. The third kappa shape index (κ3) is 2.16. The first-order chi connectivity index (χ1) is 9.66. The highest BCUT2D eigenvalue weighted by Crippen LogP contribution is 2.25. The molecule has 6 heteroatoms. The van der Waals surface area contributed by atoms with Crippen molar-refractivity contribution in [3.8, 4) is 5.69 Å². The second-order valence-corrected chi connectivity index (χ2v) is 4.96. The van der Waals surface area contributed by atoms with Crippen molar-refractivity contribution in [2.75, 3.05) is 5.73 Å². The molecule has 0 aliphatic rings. The lowest BCUT2D eigenvalue weighted by Crippen LogP contribution is -2.10. The van der Waals surface area contributed by atoms with Gasteiger partial charge in [0, 0.05) is 11.8 Å². The Morgan fingerprint density at radius 2 is 1.90 bits per heavy atom. The summed E-state index contributed by atoms with van der Waals surface area (Å²) >= 11 is 5.93. The van der Waals surface area contributed by atoms with Gasteiger partial charge in [-0.2, -0.15) is 10.2 Å². The first kappa shape index (κ1) is 12.7. The van der Waals surface area contributed by atoms with Crippen LogP contribution in [-0.2, 0) is 0 Å². The van der Waals surface area contributed by atoms with Crippen molar-refractivity contribution in [3.63, 3.8) is 0 Å². The molecule has 102 valence electrons. The molecule has 3 rings (SSSR count). The maximum Gasteiger partial charge on any atom is 0.141 e. The molecule has 20 heavy (non-hydrogen) atoms. The number of rotatable bonds is 3. The molecule has 2 N–H and O–H groups in total. The van der Waals surface area contributed by atoms with E-state index in [4.69, 9.17) is 17.3 Å². The quantitative estimate of drug-likeness (QED) is 0.806. The maximum atomic E-state index is 5.93. The Labute approximate surface area is 121 Å². The van der Waals surface area contributed by atoms with Crippen LogP contribution in [0.1, 0.15) is 18.5 Å². The highest BCUT2D eigenvalue weighted by Gasteiger charge is 2.15. The van der Waals surface area contributed by atoms with E-state index in [-0.39, 0.29) is 6.04 Å². The van der Waals surface area contributed by atoms with Crippen LogP contribution in [0.2, 0.25) is 5.02 Å². The number of benzene rings is 1. The Bertz CT molecular complexity index is 716. The van der Waals surface area contributed by atoms with Gasteiger partial charge < -0.3 is 5.73 Å². The van der Waals surface area contributed by atoms with E-state index in [1.807, 2.05) is 54.3 Å². The molecule has 1 aromatic carbocycles. The lowest BCUT2D eigenvalue weighted by Gasteiger charge is -2.11. The van der Waals surface area contributed by atoms with E-state index in [2.05, 4.69) is 10.2 Å². The molecule has 3 aromatic rings. The zero-order chi connectivity index (χ0) is 14.1. The predicted octanol–water partition coefficient (Wildman–Crippen LogP) is 2.91. The normalized spacial score (nSPS) is 12.5. The summed E-state index contributed by atoms with van der Waals surface area (Å²) < 4.78 is 3.52. The third-order valence-electron chi connectivity index (χ3n) is 3.26. The van der Waals surface area contributed by atoms with Gasteiger partial charge >= 0.3 is 0 Å². The zero-order valence-corrected chi connectivity index (χ0v) is 11.7. The molecule has 0 aliphatic carbocycles. The molecule has 0 saturated heterocycles. The van der Waals surface area contributed by atoms with Crippen LogP contribution in [0.25, 0.3) is 5.69 Å². The Balaban J connectivity index is 1.92. The summed E-state index contributed by atoms with van der Waals surface area (Å²) in [6.07, 6.45) is 5.33. The minimum Gasteiger partial charge on any atom is -0.383 e. The molecular weight excluding hydrogens is 274 g/mol. The lowest BCUT2D eigenvalue weighted by atomic mass is 10.2. The van der Waals surface area contributed by atoms with Crippen LogP contribution < -0.4 is 5.73 Å². The topological polar surface area (TPSA) is 61.7 Å². The van der Waals surface area contributed by atoms with Crippen LogP contribution in [0.15, 0.2) is 48.9 Å². The van der Waals surface area contributed by atoms with Crippen LogP contribution in [0.4, 0.5) is 5.82 Å². The Kier molecular flexibility index (Phi) is 3.20. The summed E-state index contributed by atoms with van der Waals surface area (Å²) in [6, 6.07) is 9.90. The van der Waals surface area contributed by atoms with Crippen LogP contribution >= 0.6 is 11.6 Å². The van der Waals surface area contributed by atoms with Gasteiger partial charge in [-0.25, -0.2) is 9.36 Å². The summed E-state index contributed by atoms with van der Waals surface area (Å²) in [4.78, 5) is 0. The Hall–Kier alpha value is -2.27. The van der Waals surface area contributed by atoms with Gasteiger partial charge in [0.15, 0.2) is 0 Å². The molecule has 0 fully saturated rings. The van der Waals surface area contributed by atoms with Crippen molar-refractivity contribution in [1.82, 2.24) is 19.6 Å². The second kappa shape index (κ2) is 5.02. The number of hydrogen-bond acceptors (Lipinski definition) is 3. The summed E-state index contributed by atoms with van der Waals surface area (Å²) in [5.74, 6) is 0.464. The number of anilines is 1. The van der Waals surface area contributed by atoms with E-state index < -0.39 is 0 Å². The number of halogens is 1. The molecule has 0 bridgehead atoms. The standard InChI is InChI=1S/C14H14ClN5/c1-10(20-14(16)13(15)8-18-20)11-7-17-19(9-11)12-5-3-2-4-6-12/h2-10H,16H2,1H3. The van der Waals surface area contributed by atoms with Crippen molar-refractivity contribution >= 4 is 17.4 Å². The van der Waals surface area contributed by atoms with Crippen LogP contribution in [0.5, 0.6) is 0 Å². The fourth-order valence-electron chi connectivity index (χ4n) is 2.07. The fraction of sp³-hybridized carbons (Fsp3) is 0.143. The van der Waals surface area contributed by atoms with E-state index >= 15 is 0 Å². The summed E-state index contributed by atoms with van der Waals surface area (Å²) in [5.41, 5.74) is 7.93. The predicted molar refractivity (Wildman–Crippen MR) is 79.0 cm³/mol. The van der Waals surface area contributed by atoms with E-state index in [0.717, 1.165) is 11.3 Å². The first-order valence-corrected chi connectivity index (χ1v) is 6.63. The summed E-state index contributed by atoms with van der Waals surface area (Å²) in [6.45, 7) is 2.01. The smallest absolute Gasteiger partial charge is 0.141 e. The number of aromatic nitrogens is 4. The number of nitrogen functional groups attached to an aromatic ring is 1. The van der Waals surface area contributed by atoms with Gasteiger partial charge in [0.1, 0.15) is 10.8 Å². The Morgan fingerprint density at radius 3 is 2.55 bits per heavy atom. The molecule has 0 saturated carbocycles. The number of para-hydroxylation sites is 1. The molecule has 0 amide bonds. The number of nitrogens with zero attached hydrogens (tertiary/aromatic N) is 4. The van der Waals surface area contributed by atoms with Crippen molar-refractivity contribution in [2.24, 2.45) is 0 Å². The monoisotopic (exact) mass is 287 g/mol. The van der Waals surface area contributed by atoms with Gasteiger partial charge in [-0.1, -0.05) is 29.8 Å². The van der Waals surface area contributed by atoms with Crippen LogP contribution in [0, 0.1) is 0 Å². The van der Waals surface area contributed by atoms with Crippen molar-refractivity contribution in [2.45, 2.75) is 13.0 Å². The van der Waals surface area contributed by atoms with Crippen LogP contribution in [0.3, 0.4) is 0 Å². The fourth-order valence-corrected chi connectivity index (χ4v) is 2.21. The first-order valence-electron chi connectivity index (χ1n) is 6.25. The second-order valence-electron chi connectivity index (χ2n) is 4.55. The van der Waals surface area contributed by atoms with Gasteiger partial charge in [0.05, 0.1) is 24.1 Å². The molecule has 5 nitrogen and oxygen atoms in total. The van der Waals surface area contributed by atoms with Gasteiger partial charge in [0.25, 0.3) is 0 Å². The molecule has 2 aromatic heterocycles. The summed E-state index contributed by atoms with van der Waals surface area (Å²) in [7, 11) is 0.